The van der Waals surface area contributed by atoms with Gasteiger partial charge in [-0.3, -0.25) is 13.9 Å². The zero-order valence-corrected chi connectivity index (χ0v) is 14.2. The third-order valence-electron chi connectivity index (χ3n) is 5.28. The fraction of sp³-hybridized carbons (Fsp3) is 0.444. The fourth-order valence-corrected chi connectivity index (χ4v) is 3.89. The lowest BCUT2D eigenvalue weighted by molar-refractivity contribution is -0.0220. The molecule has 0 amide bonds. The first-order chi connectivity index (χ1) is 11.3. The molecule has 0 N–H and O–H groups in total. The predicted molar refractivity (Wildman–Crippen MR) is 88.9 cm³/mol. The first-order valence-corrected chi connectivity index (χ1v) is 8.03. The van der Waals surface area contributed by atoms with E-state index in [4.69, 9.17) is 9.47 Å². The number of ether oxygens (including phenoxy) is 2. The van der Waals surface area contributed by atoms with Gasteiger partial charge < -0.3 is 9.47 Å². The van der Waals surface area contributed by atoms with Crippen LogP contribution in [0.5, 0.6) is 11.6 Å². The van der Waals surface area contributed by atoms with Crippen molar-refractivity contribution in [2.45, 2.75) is 25.4 Å². The third-order valence-corrected chi connectivity index (χ3v) is 5.28. The largest absolute Gasteiger partial charge is 0.493 e. The van der Waals surface area contributed by atoms with Gasteiger partial charge in [-0.1, -0.05) is 18.2 Å². The van der Waals surface area contributed by atoms with Gasteiger partial charge in [0.15, 0.2) is 0 Å². The Hall–Kier alpha value is -2.50. The van der Waals surface area contributed by atoms with Gasteiger partial charge in [-0.05, 0) is 19.9 Å². The zero-order valence-electron chi connectivity index (χ0n) is 14.2. The maximum Gasteiger partial charge on any atom is 0.333 e. The van der Waals surface area contributed by atoms with Crippen molar-refractivity contribution >= 4 is 0 Å². The minimum atomic E-state index is -0.554. The molecule has 0 saturated carbocycles. The molecule has 0 unspecified atom stereocenters. The average Bonchev–Trinajstić information content (AvgIpc) is 2.57. The number of para-hydroxylation sites is 1. The summed E-state index contributed by atoms with van der Waals surface area (Å²) in [5.74, 6) is 0.994. The van der Waals surface area contributed by atoms with Gasteiger partial charge in [0.1, 0.15) is 11.4 Å². The molecule has 0 aliphatic carbocycles. The molecule has 6 heteroatoms. The van der Waals surface area contributed by atoms with Crippen LogP contribution in [-0.2, 0) is 14.1 Å². The number of nitrogens with zero attached hydrogens (tertiary/aromatic N) is 2. The Labute approximate surface area is 139 Å². The van der Waals surface area contributed by atoms with Gasteiger partial charge >= 0.3 is 5.69 Å². The minimum absolute atomic E-state index is 0.00916. The predicted octanol–water partition coefficient (Wildman–Crippen LogP) is 1.40. The van der Waals surface area contributed by atoms with Crippen LogP contribution in [0, 0.1) is 5.92 Å². The second-order valence-corrected chi connectivity index (χ2v) is 7.06. The van der Waals surface area contributed by atoms with Crippen molar-refractivity contribution < 1.29 is 9.47 Å². The minimum Gasteiger partial charge on any atom is -0.493 e. The van der Waals surface area contributed by atoms with E-state index in [0.29, 0.717) is 18.1 Å². The summed E-state index contributed by atoms with van der Waals surface area (Å²) in [5, 5.41) is 0. The highest BCUT2D eigenvalue weighted by atomic mass is 16.5. The molecule has 3 heterocycles. The summed E-state index contributed by atoms with van der Waals surface area (Å²) in [6, 6.07) is 7.77. The molecule has 2 aliphatic heterocycles. The highest BCUT2D eigenvalue weighted by molar-refractivity contribution is 5.48. The fourth-order valence-electron chi connectivity index (χ4n) is 3.89. The van der Waals surface area contributed by atoms with Crippen LogP contribution in [0.25, 0.3) is 0 Å². The van der Waals surface area contributed by atoms with Gasteiger partial charge in [0.25, 0.3) is 5.56 Å². The van der Waals surface area contributed by atoms with E-state index in [1.165, 1.54) is 11.6 Å². The molecule has 4 rings (SSSR count). The molecule has 1 aromatic heterocycles. The normalized spacial score (nSPS) is 23.3. The van der Waals surface area contributed by atoms with E-state index in [1.54, 1.807) is 7.05 Å². The highest BCUT2D eigenvalue weighted by Crippen LogP contribution is 2.50. The third kappa shape index (κ3) is 1.82. The van der Waals surface area contributed by atoms with E-state index in [9.17, 15) is 9.59 Å². The summed E-state index contributed by atoms with van der Waals surface area (Å²) in [7, 11) is 3.15. The van der Waals surface area contributed by atoms with E-state index in [-0.39, 0.29) is 23.1 Å². The maximum atomic E-state index is 12.9. The van der Waals surface area contributed by atoms with E-state index in [2.05, 4.69) is 0 Å². The van der Waals surface area contributed by atoms with Crippen molar-refractivity contribution in [3.8, 4) is 11.6 Å². The van der Waals surface area contributed by atoms with E-state index < -0.39 is 5.60 Å². The van der Waals surface area contributed by atoms with Gasteiger partial charge in [0, 0.05) is 31.5 Å². The maximum absolute atomic E-state index is 12.9. The summed E-state index contributed by atoms with van der Waals surface area (Å²) in [5.41, 5.74) is 0.285. The monoisotopic (exact) mass is 328 g/mol. The SMILES string of the molecule is Cn1c2c(c(=O)n(C)c1=O)[C@H]1c3ccccc3OC[C@H]1C(C)(C)O2. The van der Waals surface area contributed by atoms with Crippen molar-refractivity contribution in [1.82, 2.24) is 9.13 Å². The van der Waals surface area contributed by atoms with Crippen molar-refractivity contribution in [3.05, 3.63) is 56.2 Å². The first kappa shape index (κ1) is 15.1. The highest BCUT2D eigenvalue weighted by Gasteiger charge is 2.50. The topological polar surface area (TPSA) is 62.5 Å². The summed E-state index contributed by atoms with van der Waals surface area (Å²) in [6.07, 6.45) is 0. The second-order valence-electron chi connectivity index (χ2n) is 7.06. The molecule has 0 fully saturated rings. The number of hydrogen-bond donors (Lipinski definition) is 0. The number of hydrogen-bond acceptors (Lipinski definition) is 4. The van der Waals surface area contributed by atoms with Crippen LogP contribution < -0.4 is 20.7 Å². The van der Waals surface area contributed by atoms with Crippen LogP contribution in [0.3, 0.4) is 0 Å². The Morgan fingerprint density at radius 2 is 1.83 bits per heavy atom. The van der Waals surface area contributed by atoms with Crippen molar-refractivity contribution in [2.24, 2.45) is 20.0 Å². The van der Waals surface area contributed by atoms with Crippen LogP contribution in [0.4, 0.5) is 0 Å². The van der Waals surface area contributed by atoms with E-state index >= 15 is 0 Å². The van der Waals surface area contributed by atoms with Gasteiger partial charge in [-0.2, -0.15) is 0 Å². The number of aromatic nitrogens is 2. The Morgan fingerprint density at radius 1 is 1.12 bits per heavy atom. The molecular formula is C18H20N2O4. The summed E-state index contributed by atoms with van der Waals surface area (Å²) >= 11 is 0. The standard InChI is InChI=1S/C18H20N2O4/c1-18(2)11-9-23-12-8-6-5-7-10(12)13(11)14-15(21)19(3)17(22)20(4)16(14)24-18/h5-8,11,13H,9H2,1-4H3/t11-,13+/m1/s1. The average molecular weight is 328 g/mol. The number of benzene rings is 1. The smallest absolute Gasteiger partial charge is 0.333 e. The summed E-state index contributed by atoms with van der Waals surface area (Å²) < 4.78 is 14.6. The summed E-state index contributed by atoms with van der Waals surface area (Å²) in [4.78, 5) is 25.2. The van der Waals surface area contributed by atoms with Gasteiger partial charge in [-0.15, -0.1) is 0 Å². The Balaban J connectivity index is 2.10. The molecule has 2 atom stereocenters. The van der Waals surface area contributed by atoms with Crippen molar-refractivity contribution in [2.75, 3.05) is 6.61 Å². The van der Waals surface area contributed by atoms with Gasteiger partial charge in [0.05, 0.1) is 12.2 Å². The lowest BCUT2D eigenvalue weighted by Gasteiger charge is -2.47. The molecule has 0 saturated heterocycles. The number of fused-ring (bicyclic) bond motifs is 5. The molecular weight excluding hydrogens is 308 g/mol. The number of rotatable bonds is 0. The van der Waals surface area contributed by atoms with Crippen LogP contribution in [0.2, 0.25) is 0 Å². The lowest BCUT2D eigenvalue weighted by Crippen LogP contribution is -2.54. The van der Waals surface area contributed by atoms with Crippen LogP contribution in [0.1, 0.15) is 30.9 Å². The quantitative estimate of drug-likeness (QED) is 0.733. The van der Waals surface area contributed by atoms with Crippen molar-refractivity contribution in [1.29, 1.82) is 0 Å². The Morgan fingerprint density at radius 3 is 2.58 bits per heavy atom. The molecule has 2 aliphatic rings. The van der Waals surface area contributed by atoms with E-state index in [0.717, 1.165) is 15.9 Å². The second kappa shape index (κ2) is 4.75. The molecule has 0 spiro atoms. The van der Waals surface area contributed by atoms with E-state index in [1.807, 2.05) is 38.1 Å². The molecule has 1 aromatic carbocycles. The van der Waals surface area contributed by atoms with Crippen LogP contribution in [0.15, 0.2) is 33.9 Å². The Bertz CT molecular complexity index is 954. The molecule has 24 heavy (non-hydrogen) atoms. The van der Waals surface area contributed by atoms with Gasteiger partial charge in [-0.25, -0.2) is 4.79 Å². The van der Waals surface area contributed by atoms with Crippen LogP contribution >= 0.6 is 0 Å². The zero-order chi connectivity index (χ0) is 17.2. The van der Waals surface area contributed by atoms with Crippen molar-refractivity contribution in [3.63, 3.8) is 0 Å². The summed E-state index contributed by atoms with van der Waals surface area (Å²) in [6.45, 7) is 4.43. The molecule has 126 valence electrons. The lowest BCUT2D eigenvalue weighted by atomic mass is 9.71. The van der Waals surface area contributed by atoms with Gasteiger partial charge in [0.2, 0.25) is 5.88 Å². The first-order valence-electron chi connectivity index (χ1n) is 8.03. The molecule has 6 nitrogen and oxygen atoms in total. The Kier molecular flexibility index (Phi) is 2.98. The molecule has 2 aromatic rings. The molecule has 0 radical (unpaired) electrons. The van der Waals surface area contributed by atoms with Crippen LogP contribution in [-0.4, -0.2) is 21.3 Å². The molecule has 0 bridgehead atoms.